The SMILES string of the molecule is C1=CNc2ccccc2N=C1.CC1(C)CCC(CC(=O)O)c2ccc3c(c21)C(C(=O)c1ccc(NC(=O)c2ccccc2-c2ccc(CN)cc2)cc1)Cc1ccccc1-3. The lowest BCUT2D eigenvalue weighted by Crippen LogP contribution is -2.32. The van der Waals surface area contributed by atoms with E-state index in [1.54, 1.807) is 36.5 Å². The molecule has 6 aromatic carbocycles. The van der Waals surface area contributed by atoms with Crippen molar-refractivity contribution in [1.82, 2.24) is 0 Å². The van der Waals surface area contributed by atoms with Crippen LogP contribution in [-0.2, 0) is 23.2 Å². The van der Waals surface area contributed by atoms with E-state index in [4.69, 9.17) is 5.73 Å². The van der Waals surface area contributed by atoms with Gasteiger partial charge in [-0.3, -0.25) is 19.4 Å². The molecule has 300 valence electrons. The molecule has 1 heterocycles. The normalized spacial score (nSPS) is 16.6. The Bertz CT molecular complexity index is 2640. The van der Waals surface area contributed by atoms with Gasteiger partial charge in [0.05, 0.1) is 23.7 Å². The van der Waals surface area contributed by atoms with E-state index in [0.717, 1.165) is 74.3 Å². The number of aliphatic carboxylic acids is 1. The molecule has 0 radical (unpaired) electrons. The van der Waals surface area contributed by atoms with E-state index in [0.29, 0.717) is 29.8 Å². The first-order valence-electron chi connectivity index (χ1n) is 20.5. The Morgan fingerprint density at radius 2 is 1.53 bits per heavy atom. The second kappa shape index (κ2) is 17.1. The molecule has 1 aliphatic heterocycles. The van der Waals surface area contributed by atoms with Crippen LogP contribution in [0.4, 0.5) is 17.1 Å². The van der Waals surface area contributed by atoms with Crippen molar-refractivity contribution in [3.05, 3.63) is 185 Å². The summed E-state index contributed by atoms with van der Waals surface area (Å²) in [6.07, 6.45) is 7.83. The number of rotatable bonds is 8. The first-order valence-corrected chi connectivity index (χ1v) is 20.5. The predicted octanol–water partition coefficient (Wildman–Crippen LogP) is 11.2. The third-order valence-electron chi connectivity index (χ3n) is 12.0. The summed E-state index contributed by atoms with van der Waals surface area (Å²) in [5, 5.41) is 15.9. The topological polar surface area (TPSA) is 134 Å². The van der Waals surface area contributed by atoms with Gasteiger partial charge in [0.15, 0.2) is 5.78 Å². The number of benzene rings is 6. The first kappa shape index (κ1) is 39.9. The molecule has 8 heteroatoms. The van der Waals surface area contributed by atoms with Crippen molar-refractivity contribution < 1.29 is 19.5 Å². The van der Waals surface area contributed by atoms with Crippen LogP contribution >= 0.6 is 0 Å². The molecule has 0 spiro atoms. The maximum absolute atomic E-state index is 14.5. The first-order chi connectivity index (χ1) is 29.1. The van der Waals surface area contributed by atoms with Gasteiger partial charge in [0, 0.05) is 35.8 Å². The molecule has 2 unspecified atom stereocenters. The minimum atomic E-state index is -0.803. The Morgan fingerprint density at radius 3 is 2.30 bits per heavy atom. The van der Waals surface area contributed by atoms with E-state index in [2.05, 4.69) is 53.7 Å². The lowest BCUT2D eigenvalue weighted by atomic mass is 9.61. The molecule has 0 saturated heterocycles. The van der Waals surface area contributed by atoms with Crippen molar-refractivity contribution in [3.8, 4) is 22.3 Å². The molecule has 2 aliphatic carbocycles. The number of nitrogens with two attached hydrogens (primary N) is 1. The molecule has 5 N–H and O–H groups in total. The summed E-state index contributed by atoms with van der Waals surface area (Å²) in [6.45, 7) is 4.89. The van der Waals surface area contributed by atoms with Gasteiger partial charge in [0.25, 0.3) is 5.91 Å². The molecule has 0 bridgehead atoms. The number of allylic oxidation sites excluding steroid dienone is 1. The molecule has 0 saturated carbocycles. The molecule has 6 aromatic rings. The Labute approximate surface area is 350 Å². The molecule has 3 aliphatic rings. The fourth-order valence-corrected chi connectivity index (χ4v) is 8.96. The number of nitrogens with zero attached hydrogens (tertiary/aromatic N) is 1. The van der Waals surface area contributed by atoms with Gasteiger partial charge in [0.2, 0.25) is 0 Å². The van der Waals surface area contributed by atoms with E-state index in [-0.39, 0.29) is 29.4 Å². The number of amides is 1. The van der Waals surface area contributed by atoms with Crippen LogP contribution in [0.2, 0.25) is 0 Å². The van der Waals surface area contributed by atoms with Crippen LogP contribution in [0.1, 0.15) is 93.5 Å². The highest BCUT2D eigenvalue weighted by atomic mass is 16.4. The fraction of sp³-hybridized carbons (Fsp3) is 0.192. The van der Waals surface area contributed by atoms with Gasteiger partial charge in [-0.25, -0.2) is 0 Å². The number of carboxylic acids is 1. The molecule has 0 fully saturated rings. The quantitative estimate of drug-likeness (QED) is 0.113. The van der Waals surface area contributed by atoms with Crippen LogP contribution in [0, 0.1) is 0 Å². The number of hydrogen-bond donors (Lipinski definition) is 4. The zero-order valence-corrected chi connectivity index (χ0v) is 33.8. The predicted molar refractivity (Wildman–Crippen MR) is 241 cm³/mol. The summed E-state index contributed by atoms with van der Waals surface area (Å²) in [5.41, 5.74) is 18.6. The van der Waals surface area contributed by atoms with Gasteiger partial charge < -0.3 is 21.5 Å². The van der Waals surface area contributed by atoms with Crippen molar-refractivity contribution in [3.63, 3.8) is 0 Å². The number of aliphatic imine (C=N–C) groups is 1. The number of Topliss-reactive ketones (excluding diaryl/α,β-unsaturated/α-hetero) is 1. The number of fused-ring (bicyclic) bond motifs is 6. The number of ketones is 1. The number of carbonyl (C=O) groups is 3. The van der Waals surface area contributed by atoms with Gasteiger partial charge in [0.1, 0.15) is 0 Å². The van der Waals surface area contributed by atoms with Crippen LogP contribution in [-0.4, -0.2) is 29.0 Å². The highest BCUT2D eigenvalue weighted by molar-refractivity contribution is 6.09. The second-order valence-electron chi connectivity index (χ2n) is 16.3. The fourth-order valence-electron chi connectivity index (χ4n) is 8.96. The maximum Gasteiger partial charge on any atom is 0.303 e. The third kappa shape index (κ3) is 8.20. The standard InChI is InChI=1S/C43H40N2O4.C9H8N2/c1-43(2)22-21-30(24-38(46)47)34-19-20-35-33-9-4-3-7-29(33)23-37(39(35)40(34)43)41(48)28-15-17-31(18-16-28)45-42(49)36-10-6-5-8-32(36)27-13-11-26(25-44)12-14-27;1-2-5-9-8(4-1)10-6-3-7-11-9/h3-20,30,37H,21-25,44H2,1-2H3,(H,45,49)(H,46,47);1-7,10H. The van der Waals surface area contributed by atoms with Crippen LogP contribution in [0.5, 0.6) is 0 Å². The summed E-state index contributed by atoms with van der Waals surface area (Å²) in [4.78, 5) is 44.1. The van der Waals surface area contributed by atoms with Crippen LogP contribution in [0.3, 0.4) is 0 Å². The summed E-state index contributed by atoms with van der Waals surface area (Å²) in [7, 11) is 0. The largest absolute Gasteiger partial charge is 0.481 e. The summed E-state index contributed by atoms with van der Waals surface area (Å²) in [5.74, 6) is -1.52. The van der Waals surface area contributed by atoms with E-state index in [1.165, 1.54) is 0 Å². The molecule has 60 heavy (non-hydrogen) atoms. The van der Waals surface area contributed by atoms with Gasteiger partial charge >= 0.3 is 5.97 Å². The number of para-hydroxylation sites is 2. The molecular formula is C52H48N4O4. The lowest BCUT2D eigenvalue weighted by molar-refractivity contribution is -0.137. The summed E-state index contributed by atoms with van der Waals surface area (Å²) in [6, 6.07) is 43.0. The molecule has 9 rings (SSSR count). The van der Waals surface area contributed by atoms with E-state index in [1.807, 2.05) is 91.1 Å². The highest BCUT2D eigenvalue weighted by Gasteiger charge is 2.41. The number of nitrogens with one attached hydrogen (secondary N) is 2. The van der Waals surface area contributed by atoms with Crippen molar-refractivity contribution in [2.45, 2.75) is 63.3 Å². The Balaban J connectivity index is 0.000000390. The number of carbonyl (C=O) groups excluding carboxylic acids is 2. The van der Waals surface area contributed by atoms with Crippen LogP contribution < -0.4 is 16.4 Å². The van der Waals surface area contributed by atoms with Gasteiger partial charge in [-0.1, -0.05) is 105 Å². The highest BCUT2D eigenvalue weighted by Crippen LogP contribution is 2.52. The van der Waals surface area contributed by atoms with E-state index in [9.17, 15) is 19.5 Å². The molecular weight excluding hydrogens is 745 g/mol. The maximum atomic E-state index is 14.5. The molecule has 1 amide bonds. The smallest absolute Gasteiger partial charge is 0.303 e. The lowest BCUT2D eigenvalue weighted by Gasteiger charge is -2.42. The molecule has 0 aromatic heterocycles. The third-order valence-corrected chi connectivity index (χ3v) is 12.0. The van der Waals surface area contributed by atoms with Gasteiger partial charge in [-0.2, -0.15) is 0 Å². The van der Waals surface area contributed by atoms with E-state index < -0.39 is 11.9 Å². The number of anilines is 2. The minimum absolute atomic E-state index is 0.0180. The average Bonchev–Trinajstić information content (AvgIpc) is 3.53. The Morgan fingerprint density at radius 1 is 0.817 bits per heavy atom. The monoisotopic (exact) mass is 792 g/mol. The summed E-state index contributed by atoms with van der Waals surface area (Å²) < 4.78 is 0. The van der Waals surface area contributed by atoms with Crippen molar-refractivity contribution in [2.75, 3.05) is 10.6 Å². The zero-order chi connectivity index (χ0) is 41.8. The van der Waals surface area contributed by atoms with Gasteiger partial charge in [-0.05, 0) is 129 Å². The number of carboxylic acid groups (broad SMARTS) is 1. The Kier molecular flexibility index (Phi) is 11.4. The van der Waals surface area contributed by atoms with Crippen LogP contribution in [0.15, 0.2) is 151 Å². The van der Waals surface area contributed by atoms with Gasteiger partial charge in [-0.15, -0.1) is 0 Å². The average molecular weight is 793 g/mol. The molecule has 2 atom stereocenters. The minimum Gasteiger partial charge on any atom is -0.481 e. The summed E-state index contributed by atoms with van der Waals surface area (Å²) >= 11 is 0. The molecule has 8 nitrogen and oxygen atoms in total. The van der Waals surface area contributed by atoms with E-state index >= 15 is 0 Å². The number of hydrogen-bond acceptors (Lipinski definition) is 6. The van der Waals surface area contributed by atoms with Crippen molar-refractivity contribution >= 4 is 40.9 Å². The Hall–Kier alpha value is -6.90. The van der Waals surface area contributed by atoms with Crippen molar-refractivity contribution in [2.24, 2.45) is 10.7 Å². The second-order valence-corrected chi connectivity index (χ2v) is 16.3. The van der Waals surface area contributed by atoms with Crippen LogP contribution in [0.25, 0.3) is 22.3 Å². The zero-order valence-electron chi connectivity index (χ0n) is 33.8. The van der Waals surface area contributed by atoms with Crippen molar-refractivity contribution in [1.29, 1.82) is 0 Å².